The van der Waals surface area contributed by atoms with Gasteiger partial charge >= 0.3 is 0 Å². The lowest BCUT2D eigenvalue weighted by atomic mass is 10.0. The van der Waals surface area contributed by atoms with Gasteiger partial charge in [-0.15, -0.1) is 0 Å². The van der Waals surface area contributed by atoms with Gasteiger partial charge in [0.1, 0.15) is 5.75 Å². The summed E-state index contributed by atoms with van der Waals surface area (Å²) < 4.78 is 17.1. The lowest BCUT2D eigenvalue weighted by Gasteiger charge is -2.17. The fraction of sp³-hybridized carbons (Fsp3) is 0.391. The van der Waals surface area contributed by atoms with E-state index in [1.54, 1.807) is 30.3 Å². The molecule has 2 amide bonds. The van der Waals surface area contributed by atoms with Crippen LogP contribution in [0.4, 0.5) is 11.4 Å². The highest BCUT2D eigenvalue weighted by molar-refractivity contribution is 5.94. The molecule has 2 aromatic rings. The molecule has 1 aliphatic rings. The number of ether oxygens (including phenoxy) is 3. The summed E-state index contributed by atoms with van der Waals surface area (Å²) in [6.07, 6.45) is 2.90. The van der Waals surface area contributed by atoms with Crippen LogP contribution in [0.5, 0.6) is 17.2 Å². The summed E-state index contributed by atoms with van der Waals surface area (Å²) >= 11 is 0. The predicted molar refractivity (Wildman–Crippen MR) is 116 cm³/mol. The second-order valence-corrected chi connectivity index (χ2v) is 7.06. The minimum absolute atomic E-state index is 0.0175. The molecule has 30 heavy (non-hydrogen) atoms. The Morgan fingerprint density at radius 2 is 1.73 bits per heavy atom. The van der Waals surface area contributed by atoms with Crippen molar-refractivity contribution in [2.45, 2.75) is 39.5 Å². The smallest absolute Gasteiger partial charge is 0.262 e. The number of amides is 2. The van der Waals surface area contributed by atoms with E-state index in [4.69, 9.17) is 14.2 Å². The van der Waals surface area contributed by atoms with Crippen molar-refractivity contribution >= 4 is 23.2 Å². The number of carbonyl (C=O) groups excluding carboxylic acids is 2. The van der Waals surface area contributed by atoms with Gasteiger partial charge in [0.15, 0.2) is 18.1 Å². The van der Waals surface area contributed by atoms with Gasteiger partial charge in [-0.05, 0) is 55.2 Å². The Labute approximate surface area is 176 Å². The quantitative estimate of drug-likeness (QED) is 0.612. The second kappa shape index (κ2) is 10.5. The lowest BCUT2D eigenvalue weighted by molar-refractivity contribution is -0.118. The molecule has 7 nitrogen and oxygen atoms in total. The summed E-state index contributed by atoms with van der Waals surface area (Å²) in [6.45, 7) is 5.13. The van der Waals surface area contributed by atoms with Gasteiger partial charge in [-0.1, -0.05) is 13.8 Å². The minimum Gasteiger partial charge on any atom is -0.490 e. The molecule has 0 spiro atoms. The molecular formula is C23H28N2O5. The highest BCUT2D eigenvalue weighted by Crippen LogP contribution is 2.31. The van der Waals surface area contributed by atoms with Gasteiger partial charge in [-0.2, -0.15) is 0 Å². The van der Waals surface area contributed by atoms with Crippen molar-refractivity contribution in [2.24, 2.45) is 0 Å². The van der Waals surface area contributed by atoms with E-state index in [1.807, 2.05) is 19.9 Å². The summed E-state index contributed by atoms with van der Waals surface area (Å²) in [5.74, 6) is 1.62. The summed E-state index contributed by atoms with van der Waals surface area (Å²) in [5, 5.41) is 5.65. The van der Waals surface area contributed by atoms with Crippen LogP contribution in [0.3, 0.4) is 0 Å². The lowest BCUT2D eigenvalue weighted by Crippen LogP contribution is -2.21. The maximum Gasteiger partial charge on any atom is 0.262 e. The zero-order valence-corrected chi connectivity index (χ0v) is 17.5. The van der Waals surface area contributed by atoms with Crippen LogP contribution >= 0.6 is 0 Å². The summed E-state index contributed by atoms with van der Waals surface area (Å²) in [6, 6.07) is 10.7. The van der Waals surface area contributed by atoms with Crippen molar-refractivity contribution in [3.05, 3.63) is 42.0 Å². The van der Waals surface area contributed by atoms with Gasteiger partial charge in [0.2, 0.25) is 5.91 Å². The highest BCUT2D eigenvalue weighted by Gasteiger charge is 2.15. The van der Waals surface area contributed by atoms with E-state index in [0.29, 0.717) is 49.0 Å². The van der Waals surface area contributed by atoms with Gasteiger partial charge in [-0.25, -0.2) is 0 Å². The van der Waals surface area contributed by atoms with Crippen LogP contribution in [-0.4, -0.2) is 31.6 Å². The zero-order chi connectivity index (χ0) is 21.3. The second-order valence-electron chi connectivity index (χ2n) is 7.06. The number of benzene rings is 2. The first-order valence-corrected chi connectivity index (χ1v) is 10.3. The van der Waals surface area contributed by atoms with Crippen molar-refractivity contribution in [2.75, 3.05) is 30.5 Å². The van der Waals surface area contributed by atoms with Crippen LogP contribution in [0, 0.1) is 0 Å². The number of hydrogen-bond acceptors (Lipinski definition) is 5. The van der Waals surface area contributed by atoms with E-state index < -0.39 is 0 Å². The first kappa shape index (κ1) is 21.5. The SMILES string of the molecule is CCCOc1ccc(NC(=O)COc2ccc3c(c2)CCC(=O)N3)cc1OCCC. The third-order valence-electron chi connectivity index (χ3n) is 4.49. The van der Waals surface area contributed by atoms with Crippen LogP contribution < -0.4 is 24.8 Å². The molecule has 0 unspecified atom stereocenters. The molecule has 0 atom stereocenters. The zero-order valence-electron chi connectivity index (χ0n) is 17.5. The third-order valence-corrected chi connectivity index (χ3v) is 4.49. The van der Waals surface area contributed by atoms with E-state index in [2.05, 4.69) is 10.6 Å². The first-order chi connectivity index (χ1) is 14.6. The number of hydrogen-bond donors (Lipinski definition) is 2. The van der Waals surface area contributed by atoms with Crippen molar-refractivity contribution in [3.8, 4) is 17.2 Å². The van der Waals surface area contributed by atoms with E-state index in [0.717, 1.165) is 24.1 Å². The molecule has 0 aliphatic carbocycles. The van der Waals surface area contributed by atoms with Crippen molar-refractivity contribution in [1.82, 2.24) is 0 Å². The fourth-order valence-corrected chi connectivity index (χ4v) is 3.04. The Hall–Kier alpha value is -3.22. The molecule has 0 radical (unpaired) electrons. The Morgan fingerprint density at radius 3 is 2.50 bits per heavy atom. The number of rotatable bonds is 10. The van der Waals surface area contributed by atoms with Gasteiger partial charge in [-0.3, -0.25) is 9.59 Å². The molecule has 0 saturated carbocycles. The maximum atomic E-state index is 12.3. The molecule has 0 fully saturated rings. The van der Waals surface area contributed by atoms with Crippen LogP contribution in [0.1, 0.15) is 38.7 Å². The maximum absolute atomic E-state index is 12.3. The van der Waals surface area contributed by atoms with Gasteiger partial charge in [0, 0.05) is 23.9 Å². The summed E-state index contributed by atoms with van der Waals surface area (Å²) in [7, 11) is 0. The van der Waals surface area contributed by atoms with Crippen molar-refractivity contribution < 1.29 is 23.8 Å². The average Bonchev–Trinajstić information content (AvgIpc) is 2.75. The average molecular weight is 412 g/mol. The van der Waals surface area contributed by atoms with Crippen LogP contribution in [0.2, 0.25) is 0 Å². The third kappa shape index (κ3) is 5.89. The van der Waals surface area contributed by atoms with Crippen LogP contribution in [-0.2, 0) is 16.0 Å². The monoisotopic (exact) mass is 412 g/mol. The number of nitrogens with one attached hydrogen (secondary N) is 2. The van der Waals surface area contributed by atoms with Gasteiger partial charge < -0.3 is 24.8 Å². The molecule has 2 aromatic carbocycles. The molecule has 0 aromatic heterocycles. The summed E-state index contributed by atoms with van der Waals surface area (Å²) in [4.78, 5) is 23.8. The normalized spacial score (nSPS) is 12.5. The van der Waals surface area contributed by atoms with E-state index in [1.165, 1.54) is 0 Å². The van der Waals surface area contributed by atoms with Crippen molar-refractivity contribution in [1.29, 1.82) is 0 Å². The minimum atomic E-state index is -0.273. The Kier molecular flexibility index (Phi) is 7.54. The molecule has 3 rings (SSSR count). The number of fused-ring (bicyclic) bond motifs is 1. The number of anilines is 2. The van der Waals surface area contributed by atoms with E-state index in [9.17, 15) is 9.59 Å². The largest absolute Gasteiger partial charge is 0.490 e. The van der Waals surface area contributed by atoms with Gasteiger partial charge in [0.25, 0.3) is 5.91 Å². The van der Waals surface area contributed by atoms with Crippen LogP contribution in [0.15, 0.2) is 36.4 Å². The Balaban J connectivity index is 1.58. The predicted octanol–water partition coefficient (Wildman–Crippen LogP) is 4.17. The van der Waals surface area contributed by atoms with Crippen LogP contribution in [0.25, 0.3) is 0 Å². The van der Waals surface area contributed by atoms with E-state index >= 15 is 0 Å². The molecular weight excluding hydrogens is 384 g/mol. The Morgan fingerprint density at radius 1 is 0.967 bits per heavy atom. The highest BCUT2D eigenvalue weighted by atomic mass is 16.5. The molecule has 1 aliphatic heterocycles. The molecule has 1 heterocycles. The molecule has 7 heteroatoms. The Bertz CT molecular complexity index is 897. The van der Waals surface area contributed by atoms with Crippen molar-refractivity contribution in [3.63, 3.8) is 0 Å². The standard InChI is InChI=1S/C23H28N2O5/c1-3-11-28-20-9-6-17(14-21(20)29-12-4-2)24-23(27)15-30-18-7-8-19-16(13-18)5-10-22(26)25-19/h6-9,13-14H,3-5,10-12,15H2,1-2H3,(H,24,27)(H,25,26). The van der Waals surface area contributed by atoms with Gasteiger partial charge in [0.05, 0.1) is 13.2 Å². The number of carbonyl (C=O) groups is 2. The molecule has 0 bridgehead atoms. The number of aryl methyl sites for hydroxylation is 1. The fourth-order valence-electron chi connectivity index (χ4n) is 3.04. The molecule has 160 valence electrons. The summed E-state index contributed by atoms with van der Waals surface area (Å²) in [5.41, 5.74) is 2.42. The topological polar surface area (TPSA) is 85.9 Å². The van der Waals surface area contributed by atoms with E-state index in [-0.39, 0.29) is 18.4 Å². The first-order valence-electron chi connectivity index (χ1n) is 10.3. The molecule has 0 saturated heterocycles. The molecule has 2 N–H and O–H groups in total.